The van der Waals surface area contributed by atoms with E-state index in [1.54, 1.807) is 5.38 Å². The number of benzene rings is 2. The Morgan fingerprint density at radius 3 is 2.29 bits per heavy atom. The van der Waals surface area contributed by atoms with Gasteiger partial charge in [0.15, 0.2) is 10.9 Å². The van der Waals surface area contributed by atoms with Gasteiger partial charge in [-0.1, -0.05) is 36.4 Å². The molecule has 3 aromatic rings. The van der Waals surface area contributed by atoms with E-state index in [9.17, 15) is 22.8 Å². The summed E-state index contributed by atoms with van der Waals surface area (Å²) in [5.41, 5.74) is 1.50. The quantitative estimate of drug-likeness (QED) is 0.340. The molecule has 0 N–H and O–H groups in total. The zero-order valence-corrected chi connectivity index (χ0v) is 17.8. The zero-order chi connectivity index (χ0) is 22.8. The lowest BCUT2D eigenvalue weighted by Crippen LogP contribution is -2.24. The number of halogens is 3. The second-order valence-electron chi connectivity index (χ2n) is 6.89. The predicted octanol–water partition coefficient (Wildman–Crippen LogP) is 6.36. The number of thiazole rings is 1. The number of carbonyl (C=O) groups is 2. The third kappa shape index (κ3) is 4.91. The van der Waals surface area contributed by atoms with Crippen LogP contribution in [0.2, 0.25) is 0 Å². The van der Waals surface area contributed by atoms with Crippen molar-refractivity contribution >= 4 is 39.9 Å². The Bertz CT molecular complexity index is 1150. The first-order valence-corrected chi connectivity index (χ1v) is 10.2. The number of aromatic nitrogens is 1. The lowest BCUT2D eigenvalue weighted by molar-refractivity contribution is -0.137. The van der Waals surface area contributed by atoms with E-state index in [1.165, 1.54) is 41.4 Å². The van der Waals surface area contributed by atoms with Gasteiger partial charge in [-0.3, -0.25) is 14.5 Å². The molecule has 0 aliphatic heterocycles. The van der Waals surface area contributed by atoms with Gasteiger partial charge < -0.3 is 0 Å². The number of allylic oxidation sites excluding steroid dienone is 1. The summed E-state index contributed by atoms with van der Waals surface area (Å²) in [5.74, 6) is -1.00. The summed E-state index contributed by atoms with van der Waals surface area (Å²) in [6.07, 6.45) is -2.22. The number of carbonyl (C=O) groups excluding carboxylic acids is 2. The summed E-state index contributed by atoms with van der Waals surface area (Å²) < 4.78 is 39.4. The van der Waals surface area contributed by atoms with E-state index in [0.717, 1.165) is 35.0 Å². The molecule has 4 nitrogen and oxygen atoms in total. The summed E-state index contributed by atoms with van der Waals surface area (Å²) >= 11 is 1.20. The van der Waals surface area contributed by atoms with E-state index in [0.29, 0.717) is 10.8 Å². The average molecular weight is 444 g/mol. The first-order valence-electron chi connectivity index (χ1n) is 9.30. The van der Waals surface area contributed by atoms with Crippen LogP contribution in [0.25, 0.3) is 6.08 Å². The summed E-state index contributed by atoms with van der Waals surface area (Å²) in [5, 5.41) is 2.05. The number of hydrogen-bond donors (Lipinski definition) is 0. The molecule has 0 aliphatic rings. The number of anilines is 2. The number of nitrogens with zero attached hydrogens (tertiary/aromatic N) is 2. The molecule has 31 heavy (non-hydrogen) atoms. The molecular weight excluding hydrogens is 425 g/mol. The minimum Gasteiger partial charge on any atom is -0.289 e. The maximum atomic E-state index is 13.1. The van der Waals surface area contributed by atoms with Gasteiger partial charge in [0.1, 0.15) is 0 Å². The van der Waals surface area contributed by atoms with Crippen LogP contribution in [0.5, 0.6) is 0 Å². The van der Waals surface area contributed by atoms with Crippen LogP contribution >= 0.6 is 11.3 Å². The highest BCUT2D eigenvalue weighted by atomic mass is 32.1. The van der Waals surface area contributed by atoms with Gasteiger partial charge in [-0.15, -0.1) is 11.3 Å². The SMILES string of the molecule is CC(=O)N(c1nc(/C=C/C(=O)c2ccccc2C(F)(F)F)cs1)c1c(C)cccc1C. The number of para-hydroxylation sites is 1. The van der Waals surface area contributed by atoms with Crippen LogP contribution in [-0.2, 0) is 11.0 Å². The maximum absolute atomic E-state index is 13.1. The van der Waals surface area contributed by atoms with Gasteiger partial charge in [-0.2, -0.15) is 13.2 Å². The number of hydrogen-bond acceptors (Lipinski definition) is 4. The Hall–Kier alpha value is -3.26. The fourth-order valence-electron chi connectivity index (χ4n) is 3.20. The summed E-state index contributed by atoms with van der Waals surface area (Å²) in [6.45, 7) is 5.22. The van der Waals surface area contributed by atoms with Crippen LogP contribution in [0.15, 0.2) is 53.9 Å². The lowest BCUT2D eigenvalue weighted by Gasteiger charge is -2.22. The first-order chi connectivity index (χ1) is 14.6. The van der Waals surface area contributed by atoms with E-state index in [-0.39, 0.29) is 5.91 Å². The van der Waals surface area contributed by atoms with Gasteiger partial charge in [-0.05, 0) is 43.2 Å². The van der Waals surface area contributed by atoms with E-state index in [1.807, 2.05) is 32.0 Å². The first kappa shape index (κ1) is 22.4. The molecular formula is C23H19F3N2O2S. The number of ketones is 1. The normalized spacial score (nSPS) is 11.7. The standard InChI is InChI=1S/C23H19F3N2O2S/c1-14-7-6-8-15(2)21(14)28(16(3)29)22-27-17(13-31-22)11-12-20(30)18-9-4-5-10-19(18)23(24,25)26/h4-13H,1-3H3/b12-11+. The van der Waals surface area contributed by atoms with Crippen molar-refractivity contribution in [2.24, 2.45) is 0 Å². The topological polar surface area (TPSA) is 50.3 Å². The summed E-state index contributed by atoms with van der Waals surface area (Å²) in [4.78, 5) is 30.6. The lowest BCUT2D eigenvalue weighted by atomic mass is 10.0. The highest BCUT2D eigenvalue weighted by Crippen LogP contribution is 2.34. The second-order valence-corrected chi connectivity index (χ2v) is 7.73. The minimum atomic E-state index is -4.62. The number of amides is 1. The van der Waals surface area contributed by atoms with Crippen LogP contribution in [0, 0.1) is 13.8 Å². The van der Waals surface area contributed by atoms with Gasteiger partial charge in [0.05, 0.1) is 16.9 Å². The van der Waals surface area contributed by atoms with E-state index < -0.39 is 23.1 Å². The van der Waals surface area contributed by atoms with Crippen molar-refractivity contribution in [1.82, 2.24) is 4.98 Å². The van der Waals surface area contributed by atoms with E-state index in [2.05, 4.69) is 4.98 Å². The van der Waals surface area contributed by atoms with E-state index >= 15 is 0 Å². The smallest absolute Gasteiger partial charge is 0.289 e. The summed E-state index contributed by atoms with van der Waals surface area (Å²) in [7, 11) is 0. The molecule has 0 saturated heterocycles. The third-order valence-electron chi connectivity index (χ3n) is 4.58. The molecule has 0 atom stereocenters. The van der Waals surface area contributed by atoms with Crippen LogP contribution in [0.4, 0.5) is 24.0 Å². The Morgan fingerprint density at radius 2 is 1.68 bits per heavy atom. The highest BCUT2D eigenvalue weighted by molar-refractivity contribution is 7.14. The zero-order valence-electron chi connectivity index (χ0n) is 17.0. The molecule has 1 amide bonds. The molecule has 0 bridgehead atoms. The fourth-order valence-corrected chi connectivity index (χ4v) is 4.04. The van der Waals surface area contributed by atoms with Crippen molar-refractivity contribution in [3.8, 4) is 0 Å². The van der Waals surface area contributed by atoms with Crippen LogP contribution in [-0.4, -0.2) is 16.7 Å². The van der Waals surface area contributed by atoms with Crippen molar-refractivity contribution in [2.75, 3.05) is 4.90 Å². The van der Waals surface area contributed by atoms with E-state index in [4.69, 9.17) is 0 Å². The van der Waals surface area contributed by atoms with Gasteiger partial charge in [0.2, 0.25) is 5.91 Å². The molecule has 0 fully saturated rings. The molecule has 3 rings (SSSR count). The van der Waals surface area contributed by atoms with Crippen molar-refractivity contribution in [3.63, 3.8) is 0 Å². The minimum absolute atomic E-state index is 0.225. The Balaban J connectivity index is 1.90. The average Bonchev–Trinajstić information content (AvgIpc) is 3.16. The molecule has 2 aromatic carbocycles. The van der Waals surface area contributed by atoms with Crippen molar-refractivity contribution in [1.29, 1.82) is 0 Å². The number of alkyl halides is 3. The molecule has 0 saturated carbocycles. The number of rotatable bonds is 5. The molecule has 160 valence electrons. The van der Waals surface area contributed by atoms with Gasteiger partial charge >= 0.3 is 6.18 Å². The molecule has 1 aromatic heterocycles. The van der Waals surface area contributed by atoms with Crippen molar-refractivity contribution in [3.05, 3.63) is 81.9 Å². The number of aryl methyl sites for hydroxylation is 2. The molecule has 8 heteroatoms. The van der Waals surface area contributed by atoms with Gasteiger partial charge in [0.25, 0.3) is 0 Å². The fraction of sp³-hybridized carbons (Fsp3) is 0.174. The second kappa shape index (κ2) is 8.85. The third-order valence-corrected chi connectivity index (χ3v) is 5.43. The maximum Gasteiger partial charge on any atom is 0.417 e. The largest absolute Gasteiger partial charge is 0.417 e. The predicted molar refractivity (Wildman–Crippen MR) is 116 cm³/mol. The molecule has 1 heterocycles. The van der Waals surface area contributed by atoms with Crippen LogP contribution in [0.3, 0.4) is 0 Å². The molecule has 0 unspecified atom stereocenters. The Kier molecular flexibility index (Phi) is 6.40. The van der Waals surface area contributed by atoms with Crippen molar-refractivity contribution in [2.45, 2.75) is 26.9 Å². The molecule has 0 aliphatic carbocycles. The molecule has 0 spiro atoms. The monoisotopic (exact) mass is 444 g/mol. The Labute approximate surface area is 181 Å². The van der Waals surface area contributed by atoms with Crippen LogP contribution in [0.1, 0.15) is 39.7 Å². The summed E-state index contributed by atoms with van der Waals surface area (Å²) in [6, 6.07) is 10.3. The molecule has 0 radical (unpaired) electrons. The van der Waals surface area contributed by atoms with Gasteiger partial charge in [-0.25, -0.2) is 4.98 Å². The highest BCUT2D eigenvalue weighted by Gasteiger charge is 2.34. The Morgan fingerprint density at radius 1 is 1.03 bits per heavy atom. The van der Waals surface area contributed by atoms with Crippen molar-refractivity contribution < 1.29 is 22.8 Å². The van der Waals surface area contributed by atoms with Gasteiger partial charge in [0, 0.05) is 17.9 Å². The van der Waals surface area contributed by atoms with Crippen LogP contribution < -0.4 is 4.90 Å².